The number of hydrogen-bond acceptors (Lipinski definition) is 2. The van der Waals surface area contributed by atoms with Gasteiger partial charge in [0, 0.05) is 25.3 Å². The Morgan fingerprint density at radius 3 is 2.43 bits per heavy atom. The summed E-state index contributed by atoms with van der Waals surface area (Å²) in [6.45, 7) is 8.68. The van der Waals surface area contributed by atoms with Crippen molar-refractivity contribution in [2.75, 3.05) is 18.0 Å². The smallest absolute Gasteiger partial charge is 0.244 e. The predicted molar refractivity (Wildman–Crippen MR) is 94.6 cm³/mol. The van der Waals surface area contributed by atoms with Crippen molar-refractivity contribution in [3.8, 4) is 0 Å². The molecule has 0 aromatic heterocycles. The molecule has 0 spiro atoms. The Labute approximate surface area is 138 Å². The van der Waals surface area contributed by atoms with Crippen LogP contribution in [0.1, 0.15) is 23.6 Å². The number of carbonyl (C=O) groups is 1. The Hall–Kier alpha value is -2.13. The Bertz CT molecular complexity index is 696. The van der Waals surface area contributed by atoms with Gasteiger partial charge in [-0.15, -0.1) is 0 Å². The van der Waals surface area contributed by atoms with Crippen LogP contribution < -0.4 is 4.90 Å². The lowest BCUT2D eigenvalue weighted by Crippen LogP contribution is -2.55. The number of benzene rings is 2. The Balaban J connectivity index is 1.74. The predicted octanol–water partition coefficient (Wildman–Crippen LogP) is 3.54. The molecule has 0 bridgehead atoms. The van der Waals surface area contributed by atoms with Crippen LogP contribution >= 0.6 is 0 Å². The van der Waals surface area contributed by atoms with Gasteiger partial charge >= 0.3 is 0 Å². The number of rotatable bonds is 3. The van der Waals surface area contributed by atoms with E-state index in [4.69, 9.17) is 0 Å². The van der Waals surface area contributed by atoms with Crippen molar-refractivity contribution >= 4 is 11.6 Å². The molecule has 2 aromatic carbocycles. The highest BCUT2D eigenvalue weighted by Crippen LogP contribution is 2.24. The minimum absolute atomic E-state index is 0.0921. The molecule has 1 amide bonds. The molecule has 120 valence electrons. The fraction of sp³-hybridized carbons (Fsp3) is 0.350. The second-order valence-electron chi connectivity index (χ2n) is 6.39. The van der Waals surface area contributed by atoms with E-state index >= 15 is 0 Å². The molecule has 3 heteroatoms. The zero-order valence-electron chi connectivity index (χ0n) is 14.1. The molecule has 1 fully saturated rings. The van der Waals surface area contributed by atoms with E-state index in [2.05, 4.69) is 49.1 Å². The minimum Gasteiger partial charge on any atom is -0.310 e. The van der Waals surface area contributed by atoms with Gasteiger partial charge < -0.3 is 4.90 Å². The van der Waals surface area contributed by atoms with E-state index in [1.807, 2.05) is 30.0 Å². The molecule has 3 nitrogen and oxygen atoms in total. The third-order valence-electron chi connectivity index (χ3n) is 4.81. The lowest BCUT2D eigenvalue weighted by Gasteiger charge is -2.39. The SMILES string of the molecule is Cc1ccc(N2CCN(Cc3ccccc3)C(C)C2=O)cc1C. The maximum atomic E-state index is 12.8. The number of anilines is 1. The van der Waals surface area contributed by atoms with Gasteiger partial charge in [0.25, 0.3) is 0 Å². The highest BCUT2D eigenvalue weighted by molar-refractivity contribution is 5.97. The third kappa shape index (κ3) is 3.30. The van der Waals surface area contributed by atoms with Crippen LogP contribution in [-0.2, 0) is 11.3 Å². The van der Waals surface area contributed by atoms with Crippen LogP contribution in [0.25, 0.3) is 0 Å². The molecule has 1 unspecified atom stereocenters. The van der Waals surface area contributed by atoms with Crippen LogP contribution in [0, 0.1) is 13.8 Å². The van der Waals surface area contributed by atoms with Crippen molar-refractivity contribution in [3.63, 3.8) is 0 Å². The summed E-state index contributed by atoms with van der Waals surface area (Å²) in [4.78, 5) is 17.0. The fourth-order valence-electron chi connectivity index (χ4n) is 3.10. The van der Waals surface area contributed by atoms with Crippen molar-refractivity contribution in [1.82, 2.24) is 4.90 Å². The number of aryl methyl sites for hydroxylation is 2. The summed E-state index contributed by atoms with van der Waals surface area (Å²) in [6.07, 6.45) is 0. The molecular weight excluding hydrogens is 284 g/mol. The van der Waals surface area contributed by atoms with Crippen LogP contribution in [0.15, 0.2) is 48.5 Å². The second kappa shape index (κ2) is 6.55. The van der Waals surface area contributed by atoms with Crippen molar-refractivity contribution in [2.45, 2.75) is 33.4 Å². The summed E-state index contributed by atoms with van der Waals surface area (Å²) < 4.78 is 0. The number of nitrogens with zero attached hydrogens (tertiary/aromatic N) is 2. The third-order valence-corrected chi connectivity index (χ3v) is 4.81. The zero-order chi connectivity index (χ0) is 16.4. The van der Waals surface area contributed by atoms with E-state index in [1.54, 1.807) is 0 Å². The normalized spacial score (nSPS) is 19.2. The van der Waals surface area contributed by atoms with Gasteiger partial charge in [-0.3, -0.25) is 9.69 Å². The molecule has 1 heterocycles. The van der Waals surface area contributed by atoms with Gasteiger partial charge in [-0.25, -0.2) is 0 Å². The van der Waals surface area contributed by atoms with Gasteiger partial charge in [0.15, 0.2) is 0 Å². The van der Waals surface area contributed by atoms with E-state index in [0.717, 1.165) is 25.3 Å². The van der Waals surface area contributed by atoms with E-state index in [1.165, 1.54) is 16.7 Å². The molecule has 0 aliphatic carbocycles. The monoisotopic (exact) mass is 308 g/mol. The maximum Gasteiger partial charge on any atom is 0.244 e. The highest BCUT2D eigenvalue weighted by atomic mass is 16.2. The summed E-state index contributed by atoms with van der Waals surface area (Å²) >= 11 is 0. The first-order valence-corrected chi connectivity index (χ1v) is 8.23. The van der Waals surface area contributed by atoms with E-state index < -0.39 is 0 Å². The van der Waals surface area contributed by atoms with Crippen molar-refractivity contribution in [1.29, 1.82) is 0 Å². The lowest BCUT2D eigenvalue weighted by atomic mass is 10.1. The molecule has 0 saturated carbocycles. The first kappa shape index (κ1) is 15.8. The largest absolute Gasteiger partial charge is 0.310 e. The number of piperazine rings is 1. The van der Waals surface area contributed by atoms with Crippen molar-refractivity contribution in [3.05, 3.63) is 65.2 Å². The molecule has 1 saturated heterocycles. The molecule has 0 radical (unpaired) electrons. The molecule has 1 aliphatic heterocycles. The zero-order valence-corrected chi connectivity index (χ0v) is 14.1. The topological polar surface area (TPSA) is 23.6 Å². The number of carbonyl (C=O) groups excluding carboxylic acids is 1. The quantitative estimate of drug-likeness (QED) is 0.866. The van der Waals surface area contributed by atoms with Gasteiger partial charge in [-0.05, 0) is 49.6 Å². The molecule has 0 N–H and O–H groups in total. The summed E-state index contributed by atoms with van der Waals surface area (Å²) in [5, 5.41) is 0. The van der Waals surface area contributed by atoms with Gasteiger partial charge in [-0.1, -0.05) is 36.4 Å². The standard InChI is InChI=1S/C20H24N2O/c1-15-9-10-19(13-16(15)2)22-12-11-21(17(3)20(22)23)14-18-7-5-4-6-8-18/h4-10,13,17H,11-12,14H2,1-3H3. The average Bonchev–Trinajstić information content (AvgIpc) is 2.56. The summed E-state index contributed by atoms with van der Waals surface area (Å²) in [5.41, 5.74) is 4.77. The van der Waals surface area contributed by atoms with E-state index in [0.29, 0.717) is 0 Å². The Morgan fingerprint density at radius 2 is 1.74 bits per heavy atom. The van der Waals surface area contributed by atoms with Crippen LogP contribution in [0.5, 0.6) is 0 Å². The molecule has 23 heavy (non-hydrogen) atoms. The number of hydrogen-bond donors (Lipinski definition) is 0. The summed E-state index contributed by atoms with van der Waals surface area (Å²) in [6, 6.07) is 16.5. The van der Waals surface area contributed by atoms with Gasteiger partial charge in [0.05, 0.1) is 6.04 Å². The van der Waals surface area contributed by atoms with Crippen LogP contribution in [0.2, 0.25) is 0 Å². The minimum atomic E-state index is -0.0921. The summed E-state index contributed by atoms with van der Waals surface area (Å²) in [7, 11) is 0. The lowest BCUT2D eigenvalue weighted by molar-refractivity contribution is -0.125. The molecule has 2 aromatic rings. The van der Waals surface area contributed by atoms with Crippen molar-refractivity contribution < 1.29 is 4.79 Å². The second-order valence-corrected chi connectivity index (χ2v) is 6.39. The van der Waals surface area contributed by atoms with Crippen LogP contribution in [0.4, 0.5) is 5.69 Å². The Kier molecular flexibility index (Phi) is 4.49. The van der Waals surface area contributed by atoms with E-state index in [-0.39, 0.29) is 11.9 Å². The van der Waals surface area contributed by atoms with Gasteiger partial charge in [0.1, 0.15) is 0 Å². The number of amides is 1. The first-order valence-electron chi connectivity index (χ1n) is 8.23. The fourth-order valence-corrected chi connectivity index (χ4v) is 3.10. The molecule has 3 rings (SSSR count). The van der Waals surface area contributed by atoms with Crippen LogP contribution in [-0.4, -0.2) is 29.9 Å². The first-order chi connectivity index (χ1) is 11.1. The highest BCUT2D eigenvalue weighted by Gasteiger charge is 2.32. The van der Waals surface area contributed by atoms with Gasteiger partial charge in [0.2, 0.25) is 5.91 Å². The summed E-state index contributed by atoms with van der Waals surface area (Å²) in [5.74, 6) is 0.190. The molecule has 1 aliphatic rings. The molecule has 1 atom stereocenters. The maximum absolute atomic E-state index is 12.8. The van der Waals surface area contributed by atoms with Crippen LogP contribution in [0.3, 0.4) is 0 Å². The van der Waals surface area contributed by atoms with Gasteiger partial charge in [-0.2, -0.15) is 0 Å². The van der Waals surface area contributed by atoms with Crippen molar-refractivity contribution in [2.24, 2.45) is 0 Å². The van der Waals surface area contributed by atoms with E-state index in [9.17, 15) is 4.79 Å². The Morgan fingerprint density at radius 1 is 1.00 bits per heavy atom. The molecular formula is C20H24N2O. The average molecular weight is 308 g/mol.